The van der Waals surface area contributed by atoms with Crippen molar-refractivity contribution in [3.05, 3.63) is 82.0 Å². The molecule has 1 unspecified atom stereocenters. The number of carbonyl (C=O) groups excluding carboxylic acids is 3. The standard InChI is InChI=1S/C26H26N4O3S/c1-2-26(19-8-4-3-5-9-19)24(32)30(25(33)28-26)17-23(31)27-20-10-6-7-11-21(20)29-14-12-22-18(16-29)13-15-34-22/h3-11,13,15H,2,12,14,16-17H2,1H3,(H,27,31)(H,28,33). The van der Waals surface area contributed by atoms with Gasteiger partial charge in [0, 0.05) is 18.0 Å². The summed E-state index contributed by atoms with van der Waals surface area (Å²) in [6.07, 6.45) is 1.36. The second kappa shape index (κ2) is 8.95. The summed E-state index contributed by atoms with van der Waals surface area (Å²) >= 11 is 1.78. The van der Waals surface area contributed by atoms with E-state index >= 15 is 0 Å². The van der Waals surface area contributed by atoms with Crippen molar-refractivity contribution in [2.24, 2.45) is 0 Å². The van der Waals surface area contributed by atoms with Gasteiger partial charge in [0.05, 0.1) is 11.4 Å². The summed E-state index contributed by atoms with van der Waals surface area (Å²) in [5, 5.41) is 7.87. The molecule has 174 valence electrons. The molecule has 0 spiro atoms. The first-order valence-corrected chi connectivity index (χ1v) is 12.3. The molecule has 2 N–H and O–H groups in total. The van der Waals surface area contributed by atoms with Gasteiger partial charge in [-0.2, -0.15) is 0 Å². The van der Waals surface area contributed by atoms with Gasteiger partial charge in [-0.15, -0.1) is 11.3 Å². The summed E-state index contributed by atoms with van der Waals surface area (Å²) in [6, 6.07) is 18.4. The van der Waals surface area contributed by atoms with Crippen molar-refractivity contribution < 1.29 is 14.4 Å². The van der Waals surface area contributed by atoms with Crippen molar-refractivity contribution in [3.8, 4) is 0 Å². The van der Waals surface area contributed by atoms with Gasteiger partial charge in [-0.25, -0.2) is 4.79 Å². The smallest absolute Gasteiger partial charge is 0.325 e. The van der Waals surface area contributed by atoms with Crippen LogP contribution in [0.3, 0.4) is 0 Å². The number of thiophene rings is 1. The van der Waals surface area contributed by atoms with Gasteiger partial charge in [0.1, 0.15) is 12.1 Å². The molecule has 1 atom stereocenters. The predicted octanol–water partition coefficient (Wildman–Crippen LogP) is 4.11. The maximum Gasteiger partial charge on any atom is 0.325 e. The first-order valence-electron chi connectivity index (χ1n) is 11.4. The monoisotopic (exact) mass is 474 g/mol. The van der Waals surface area contributed by atoms with Crippen molar-refractivity contribution in [1.29, 1.82) is 0 Å². The van der Waals surface area contributed by atoms with E-state index < -0.39 is 23.4 Å². The number of urea groups is 1. The van der Waals surface area contributed by atoms with Gasteiger partial charge >= 0.3 is 6.03 Å². The van der Waals surface area contributed by atoms with Crippen LogP contribution in [0.4, 0.5) is 16.2 Å². The highest BCUT2D eigenvalue weighted by Crippen LogP contribution is 2.34. The Labute approximate surface area is 202 Å². The molecule has 2 aromatic carbocycles. The summed E-state index contributed by atoms with van der Waals surface area (Å²) < 4.78 is 0. The lowest BCUT2D eigenvalue weighted by Crippen LogP contribution is -2.44. The van der Waals surface area contributed by atoms with E-state index in [4.69, 9.17) is 0 Å². The maximum atomic E-state index is 13.3. The molecule has 34 heavy (non-hydrogen) atoms. The molecule has 5 rings (SSSR count). The third kappa shape index (κ3) is 3.84. The molecule has 0 radical (unpaired) electrons. The molecule has 1 fully saturated rings. The predicted molar refractivity (Wildman–Crippen MR) is 133 cm³/mol. The first-order chi connectivity index (χ1) is 16.5. The minimum absolute atomic E-state index is 0.345. The molecule has 0 bridgehead atoms. The zero-order chi connectivity index (χ0) is 23.7. The van der Waals surface area contributed by atoms with Crippen LogP contribution in [0.15, 0.2) is 66.0 Å². The molecule has 3 aromatic rings. The first kappa shape index (κ1) is 22.2. The molecule has 3 heterocycles. The molecule has 2 aliphatic rings. The number of para-hydroxylation sites is 2. The van der Waals surface area contributed by atoms with Crippen LogP contribution < -0.4 is 15.5 Å². The number of amides is 4. The highest BCUT2D eigenvalue weighted by molar-refractivity contribution is 7.10. The van der Waals surface area contributed by atoms with Crippen LogP contribution in [0.25, 0.3) is 0 Å². The molecule has 1 aromatic heterocycles. The Morgan fingerprint density at radius 2 is 1.85 bits per heavy atom. The molecular weight excluding hydrogens is 448 g/mol. The molecule has 1 saturated heterocycles. The van der Waals surface area contributed by atoms with Gasteiger partial charge in [-0.3, -0.25) is 14.5 Å². The van der Waals surface area contributed by atoms with Crippen molar-refractivity contribution in [2.45, 2.75) is 31.8 Å². The van der Waals surface area contributed by atoms with Crippen LogP contribution in [0.1, 0.15) is 29.3 Å². The summed E-state index contributed by atoms with van der Waals surface area (Å²) in [4.78, 5) is 43.7. The summed E-state index contributed by atoms with van der Waals surface area (Å²) in [5.41, 5.74) is 2.47. The van der Waals surface area contributed by atoms with E-state index in [-0.39, 0.29) is 6.54 Å². The molecule has 4 amide bonds. The van der Waals surface area contributed by atoms with E-state index in [0.717, 1.165) is 30.1 Å². The number of anilines is 2. The summed E-state index contributed by atoms with van der Waals surface area (Å²) in [6.45, 7) is 3.16. The Morgan fingerprint density at radius 3 is 2.65 bits per heavy atom. The number of hydrogen-bond acceptors (Lipinski definition) is 5. The molecule has 0 saturated carbocycles. The fourth-order valence-electron chi connectivity index (χ4n) is 4.77. The fourth-order valence-corrected chi connectivity index (χ4v) is 5.66. The van der Waals surface area contributed by atoms with Crippen LogP contribution in [0.2, 0.25) is 0 Å². The van der Waals surface area contributed by atoms with Crippen LogP contribution in [-0.2, 0) is 28.1 Å². The lowest BCUT2D eigenvalue weighted by atomic mass is 9.87. The second-order valence-corrected chi connectivity index (χ2v) is 9.55. The molecule has 8 heteroatoms. The Bertz CT molecular complexity index is 1240. The lowest BCUT2D eigenvalue weighted by molar-refractivity contribution is -0.134. The number of carbonyl (C=O) groups is 3. The number of imide groups is 1. The minimum Gasteiger partial charge on any atom is -0.365 e. The van der Waals surface area contributed by atoms with E-state index in [9.17, 15) is 14.4 Å². The van der Waals surface area contributed by atoms with Crippen LogP contribution in [0, 0.1) is 0 Å². The number of benzene rings is 2. The largest absolute Gasteiger partial charge is 0.365 e. The number of hydrogen-bond donors (Lipinski definition) is 2. The Balaban J connectivity index is 1.32. The maximum absolute atomic E-state index is 13.3. The van der Waals surface area contributed by atoms with Gasteiger partial charge in [0.25, 0.3) is 5.91 Å². The van der Waals surface area contributed by atoms with E-state index in [1.165, 1.54) is 10.4 Å². The Morgan fingerprint density at radius 1 is 1.09 bits per heavy atom. The van der Waals surface area contributed by atoms with E-state index in [0.29, 0.717) is 17.7 Å². The SMILES string of the molecule is CCC1(c2ccccc2)NC(=O)N(CC(=O)Nc2ccccc2N2CCc3sccc3C2)C1=O. The van der Waals surface area contributed by atoms with Gasteiger partial charge in [-0.05, 0) is 47.5 Å². The normalized spacial score (nSPS) is 19.7. The van der Waals surface area contributed by atoms with Crippen LogP contribution in [0.5, 0.6) is 0 Å². The highest BCUT2D eigenvalue weighted by Gasteiger charge is 2.51. The van der Waals surface area contributed by atoms with E-state index in [2.05, 4.69) is 27.0 Å². The van der Waals surface area contributed by atoms with Crippen molar-refractivity contribution in [3.63, 3.8) is 0 Å². The second-order valence-electron chi connectivity index (χ2n) is 8.55. The molecular formula is C26H26N4O3S. The minimum atomic E-state index is -1.15. The average molecular weight is 475 g/mol. The van der Waals surface area contributed by atoms with Crippen LogP contribution in [-0.4, -0.2) is 35.8 Å². The Hall–Kier alpha value is -3.65. The van der Waals surface area contributed by atoms with E-state index in [1.54, 1.807) is 11.3 Å². The van der Waals surface area contributed by atoms with Gasteiger partial charge in [0.2, 0.25) is 5.91 Å². The highest BCUT2D eigenvalue weighted by atomic mass is 32.1. The summed E-state index contributed by atoms with van der Waals surface area (Å²) in [5.74, 6) is -0.820. The molecule has 0 aliphatic carbocycles. The molecule has 7 nitrogen and oxygen atoms in total. The van der Waals surface area contributed by atoms with Gasteiger partial charge < -0.3 is 15.5 Å². The fraction of sp³-hybridized carbons (Fsp3) is 0.269. The number of nitrogens with zero attached hydrogens (tertiary/aromatic N) is 2. The number of rotatable bonds is 6. The number of fused-ring (bicyclic) bond motifs is 1. The topological polar surface area (TPSA) is 81.8 Å². The molecule has 2 aliphatic heterocycles. The van der Waals surface area contributed by atoms with Crippen molar-refractivity contribution in [1.82, 2.24) is 10.2 Å². The van der Waals surface area contributed by atoms with Gasteiger partial charge in [-0.1, -0.05) is 49.4 Å². The zero-order valence-corrected chi connectivity index (χ0v) is 19.7. The zero-order valence-electron chi connectivity index (χ0n) is 18.9. The van der Waals surface area contributed by atoms with Crippen molar-refractivity contribution >= 4 is 40.6 Å². The summed E-state index contributed by atoms with van der Waals surface area (Å²) in [7, 11) is 0. The number of nitrogens with one attached hydrogen (secondary N) is 2. The third-order valence-corrected chi connectivity index (χ3v) is 7.62. The van der Waals surface area contributed by atoms with Crippen LogP contribution >= 0.6 is 11.3 Å². The third-order valence-electron chi connectivity index (χ3n) is 6.60. The average Bonchev–Trinajstić information content (AvgIpc) is 3.43. The van der Waals surface area contributed by atoms with E-state index in [1.807, 2.05) is 61.5 Å². The lowest BCUT2D eigenvalue weighted by Gasteiger charge is -2.30. The Kier molecular flexibility index (Phi) is 5.83. The quantitative estimate of drug-likeness (QED) is 0.527. The van der Waals surface area contributed by atoms with Crippen molar-refractivity contribution in [2.75, 3.05) is 23.3 Å². The van der Waals surface area contributed by atoms with Gasteiger partial charge in [0.15, 0.2) is 0 Å².